The summed E-state index contributed by atoms with van der Waals surface area (Å²) in [6.45, 7) is 2.18. The van der Waals surface area contributed by atoms with Gasteiger partial charge in [-0.15, -0.1) is 0 Å². The molecule has 1 aliphatic heterocycles. The zero-order chi connectivity index (χ0) is 14.7. The Morgan fingerprint density at radius 2 is 2.19 bits per heavy atom. The number of nitrogens with zero attached hydrogens (tertiary/aromatic N) is 2. The molecule has 2 heterocycles. The monoisotopic (exact) mass is 287 g/mol. The van der Waals surface area contributed by atoms with E-state index in [1.54, 1.807) is 0 Å². The number of unbranched alkanes of at least 4 members (excludes halogenated alkanes) is 1. The van der Waals surface area contributed by atoms with Gasteiger partial charge in [-0.25, -0.2) is 0 Å². The fraction of sp³-hybridized carbons (Fsp3) is 0.625. The van der Waals surface area contributed by atoms with E-state index in [9.17, 15) is 0 Å². The Labute approximate surface area is 126 Å². The number of hydrogen-bond donors (Lipinski definition) is 3. The minimum absolute atomic E-state index is 0.413. The fourth-order valence-corrected chi connectivity index (χ4v) is 3.13. The number of amidine groups is 1. The molecule has 0 spiro atoms. The van der Waals surface area contributed by atoms with Crippen molar-refractivity contribution in [1.29, 1.82) is 0 Å². The molecule has 1 fully saturated rings. The van der Waals surface area contributed by atoms with E-state index in [4.69, 9.17) is 10.7 Å². The number of nitrogens with two attached hydrogens (primary N) is 1. The van der Waals surface area contributed by atoms with Crippen molar-refractivity contribution >= 4 is 11.5 Å². The van der Waals surface area contributed by atoms with Crippen LogP contribution in [-0.2, 0) is 0 Å². The lowest BCUT2D eigenvalue weighted by Gasteiger charge is -2.38. The number of pyridine rings is 1. The van der Waals surface area contributed by atoms with Crippen LogP contribution in [0.5, 0.6) is 0 Å². The Hall–Kier alpha value is -1.62. The number of hydrogen-bond acceptors (Lipinski definition) is 4. The number of fused-ring (bicyclic) bond motifs is 1. The van der Waals surface area contributed by atoms with Gasteiger partial charge in [0.25, 0.3) is 0 Å². The second-order valence-electron chi connectivity index (χ2n) is 6.14. The van der Waals surface area contributed by atoms with Gasteiger partial charge in [-0.2, -0.15) is 0 Å². The van der Waals surface area contributed by atoms with Crippen LogP contribution in [0.2, 0.25) is 0 Å². The van der Waals surface area contributed by atoms with Crippen molar-refractivity contribution in [1.82, 2.24) is 10.3 Å². The second-order valence-corrected chi connectivity index (χ2v) is 6.14. The van der Waals surface area contributed by atoms with Crippen molar-refractivity contribution in [2.24, 2.45) is 10.7 Å². The summed E-state index contributed by atoms with van der Waals surface area (Å²) in [5.41, 5.74) is 8.36. The van der Waals surface area contributed by atoms with Crippen LogP contribution in [0.3, 0.4) is 0 Å². The minimum atomic E-state index is -0.622. The summed E-state index contributed by atoms with van der Waals surface area (Å²) in [6, 6.07) is 4.38. The highest BCUT2D eigenvalue weighted by Gasteiger charge is 2.33. The average molecular weight is 287 g/mol. The van der Waals surface area contributed by atoms with E-state index in [1.807, 2.05) is 18.3 Å². The third-order valence-electron chi connectivity index (χ3n) is 4.29. The third-order valence-corrected chi connectivity index (χ3v) is 4.29. The van der Waals surface area contributed by atoms with Crippen LogP contribution in [0, 0.1) is 0 Å². The molecule has 4 N–H and O–H groups in total. The first-order valence-electron chi connectivity index (χ1n) is 8.08. The van der Waals surface area contributed by atoms with Gasteiger partial charge in [0.05, 0.1) is 11.7 Å². The molecule has 3 rings (SSSR count). The molecule has 1 aromatic heterocycles. The van der Waals surface area contributed by atoms with Crippen molar-refractivity contribution in [3.05, 3.63) is 24.0 Å². The molecular formula is C16H25N5. The van der Waals surface area contributed by atoms with Gasteiger partial charge in [-0.05, 0) is 31.4 Å². The van der Waals surface area contributed by atoms with Crippen molar-refractivity contribution in [2.75, 3.05) is 5.32 Å². The molecule has 0 amide bonds. The largest absolute Gasteiger partial charge is 0.349 e. The minimum Gasteiger partial charge on any atom is -0.349 e. The van der Waals surface area contributed by atoms with Crippen LogP contribution in [-0.4, -0.2) is 22.6 Å². The predicted molar refractivity (Wildman–Crippen MR) is 86.2 cm³/mol. The first-order chi connectivity index (χ1) is 10.2. The van der Waals surface area contributed by atoms with Gasteiger partial charge >= 0.3 is 0 Å². The zero-order valence-corrected chi connectivity index (χ0v) is 12.7. The third kappa shape index (κ3) is 3.18. The summed E-state index contributed by atoms with van der Waals surface area (Å²) in [7, 11) is 0. The van der Waals surface area contributed by atoms with Crippen molar-refractivity contribution in [3.63, 3.8) is 0 Å². The van der Waals surface area contributed by atoms with E-state index in [1.165, 1.54) is 25.7 Å². The molecule has 2 aliphatic rings. The van der Waals surface area contributed by atoms with Gasteiger partial charge in [-0.1, -0.05) is 26.2 Å². The number of rotatable bonds is 4. The predicted octanol–water partition coefficient (Wildman–Crippen LogP) is 2.59. The first kappa shape index (κ1) is 14.3. The van der Waals surface area contributed by atoms with Crippen LogP contribution < -0.4 is 16.4 Å². The molecule has 1 saturated carbocycles. The highest BCUT2D eigenvalue weighted by atomic mass is 15.3. The molecule has 0 radical (unpaired) electrons. The molecular weight excluding hydrogens is 262 g/mol. The first-order valence-corrected chi connectivity index (χ1v) is 8.08. The van der Waals surface area contributed by atoms with Gasteiger partial charge in [-0.3, -0.25) is 15.7 Å². The van der Waals surface area contributed by atoms with Crippen LogP contribution in [0.1, 0.15) is 57.6 Å². The van der Waals surface area contributed by atoms with Gasteiger partial charge in [0.2, 0.25) is 0 Å². The number of aliphatic imine (C=N–C) groups is 1. The van der Waals surface area contributed by atoms with Crippen LogP contribution >= 0.6 is 0 Å². The highest BCUT2D eigenvalue weighted by molar-refractivity contribution is 6.04. The van der Waals surface area contributed by atoms with Crippen LogP contribution in [0.15, 0.2) is 23.3 Å². The Balaban J connectivity index is 1.90. The van der Waals surface area contributed by atoms with Gasteiger partial charge in [0, 0.05) is 12.6 Å². The lowest BCUT2D eigenvalue weighted by Crippen LogP contribution is -2.64. The molecule has 1 aromatic rings. The van der Waals surface area contributed by atoms with Crippen LogP contribution in [0.25, 0.3) is 0 Å². The SMILES string of the molecule is CCCCC1(N)NC(=NC2CCCC2)c2ncccc2N1. The smallest absolute Gasteiger partial charge is 0.162 e. The van der Waals surface area contributed by atoms with Gasteiger partial charge in [0.15, 0.2) is 11.6 Å². The molecule has 21 heavy (non-hydrogen) atoms. The van der Waals surface area contributed by atoms with Crippen molar-refractivity contribution < 1.29 is 0 Å². The number of nitrogens with one attached hydrogen (secondary N) is 2. The molecule has 0 saturated heterocycles. The quantitative estimate of drug-likeness (QED) is 0.795. The Morgan fingerprint density at radius 3 is 2.95 bits per heavy atom. The molecule has 1 unspecified atom stereocenters. The molecule has 0 bridgehead atoms. The summed E-state index contributed by atoms with van der Waals surface area (Å²) in [6.07, 6.45) is 9.76. The van der Waals surface area contributed by atoms with E-state index in [-0.39, 0.29) is 0 Å². The summed E-state index contributed by atoms with van der Waals surface area (Å²) >= 11 is 0. The molecule has 1 atom stereocenters. The van der Waals surface area contributed by atoms with Crippen molar-refractivity contribution in [2.45, 2.75) is 63.7 Å². The van der Waals surface area contributed by atoms with E-state index in [0.29, 0.717) is 6.04 Å². The van der Waals surface area contributed by atoms with Crippen molar-refractivity contribution in [3.8, 4) is 0 Å². The molecule has 0 aromatic carbocycles. The summed E-state index contributed by atoms with van der Waals surface area (Å²) in [5, 5.41) is 6.79. The summed E-state index contributed by atoms with van der Waals surface area (Å²) in [4.78, 5) is 9.38. The summed E-state index contributed by atoms with van der Waals surface area (Å²) < 4.78 is 0. The summed E-state index contributed by atoms with van der Waals surface area (Å²) in [5.74, 6) is 0.235. The highest BCUT2D eigenvalue weighted by Crippen LogP contribution is 2.26. The number of anilines is 1. The maximum Gasteiger partial charge on any atom is 0.162 e. The fourth-order valence-electron chi connectivity index (χ4n) is 3.13. The maximum absolute atomic E-state index is 6.49. The molecule has 5 nitrogen and oxygen atoms in total. The average Bonchev–Trinajstić information content (AvgIpc) is 2.98. The normalized spacial score (nSPS) is 27.2. The Morgan fingerprint density at radius 1 is 1.38 bits per heavy atom. The molecule has 1 aliphatic carbocycles. The van der Waals surface area contributed by atoms with Gasteiger partial charge < -0.3 is 10.6 Å². The van der Waals surface area contributed by atoms with E-state index in [2.05, 4.69) is 22.5 Å². The maximum atomic E-state index is 6.49. The Kier molecular flexibility index (Phi) is 4.10. The van der Waals surface area contributed by atoms with E-state index < -0.39 is 5.79 Å². The second kappa shape index (κ2) is 6.02. The molecule has 114 valence electrons. The lowest BCUT2D eigenvalue weighted by atomic mass is 10.1. The zero-order valence-electron chi connectivity index (χ0n) is 12.7. The van der Waals surface area contributed by atoms with E-state index >= 15 is 0 Å². The lowest BCUT2D eigenvalue weighted by molar-refractivity contribution is 0.394. The number of aromatic nitrogens is 1. The van der Waals surface area contributed by atoms with Crippen LogP contribution in [0.4, 0.5) is 5.69 Å². The molecule has 5 heteroatoms. The van der Waals surface area contributed by atoms with E-state index in [0.717, 1.165) is 36.5 Å². The van der Waals surface area contributed by atoms with Gasteiger partial charge in [0.1, 0.15) is 5.69 Å². The standard InChI is InChI=1S/C16H25N5/c1-2-3-10-16(17)20-13-9-6-11-18-14(13)15(21-16)19-12-7-4-5-8-12/h6,9,11-12,20H,2-5,7-8,10,17H2,1H3,(H,19,21). The topological polar surface area (TPSA) is 75.3 Å². The Bertz CT molecular complexity index is 521.